The first kappa shape index (κ1) is 25.3. The molecule has 1 aromatic rings. The number of carboxylic acid groups (broad SMARTS) is 1. The van der Waals surface area contributed by atoms with Crippen molar-refractivity contribution in [3.8, 4) is 0 Å². The van der Waals surface area contributed by atoms with E-state index in [2.05, 4.69) is 31.2 Å². The second-order valence-corrected chi connectivity index (χ2v) is 8.79. The Morgan fingerprint density at radius 3 is 2.25 bits per heavy atom. The zero-order valence-electron chi connectivity index (χ0n) is 19.0. The van der Waals surface area contributed by atoms with Gasteiger partial charge < -0.3 is 31.4 Å². The maximum Gasteiger partial charge on any atom is 0.326 e. The number of imidazole rings is 1. The Morgan fingerprint density at radius 2 is 1.75 bits per heavy atom. The fraction of sp³-hybridized carbons (Fsp3) is 0.667. The summed E-state index contributed by atoms with van der Waals surface area (Å²) in [4.78, 5) is 56.8. The van der Waals surface area contributed by atoms with Crippen molar-refractivity contribution in [1.82, 2.24) is 31.2 Å². The first-order chi connectivity index (χ1) is 15.1. The molecule has 0 aromatic carbocycles. The van der Waals surface area contributed by atoms with Crippen LogP contribution < -0.4 is 21.3 Å². The number of aromatic nitrogens is 2. The molecule has 0 spiro atoms. The molecule has 1 fully saturated rings. The van der Waals surface area contributed by atoms with E-state index in [1.807, 2.05) is 0 Å². The molecule has 2 heterocycles. The third-order valence-electron chi connectivity index (χ3n) is 5.47. The molecule has 0 radical (unpaired) electrons. The van der Waals surface area contributed by atoms with Gasteiger partial charge in [0.05, 0.1) is 12.4 Å². The number of nitrogens with zero attached hydrogens (tertiary/aromatic N) is 1. The molecule has 1 aromatic heterocycles. The SMILES string of the molecule is CC(C)C(NC(=O)C(Cc1cnc[nH]1)NC(=O)C(NC(=O)C1CCCN1)C(C)C)C(=O)O. The van der Waals surface area contributed by atoms with Crippen molar-refractivity contribution in [3.05, 3.63) is 18.2 Å². The van der Waals surface area contributed by atoms with Gasteiger partial charge in [-0.25, -0.2) is 9.78 Å². The highest BCUT2D eigenvalue weighted by Crippen LogP contribution is 2.10. The van der Waals surface area contributed by atoms with Crippen LogP contribution in [0, 0.1) is 11.8 Å². The minimum atomic E-state index is -1.16. The van der Waals surface area contributed by atoms with Crippen LogP contribution in [0.2, 0.25) is 0 Å². The minimum absolute atomic E-state index is 0.0882. The highest BCUT2D eigenvalue weighted by molar-refractivity contribution is 5.94. The van der Waals surface area contributed by atoms with Crippen LogP contribution in [0.4, 0.5) is 0 Å². The Bertz CT molecular complexity index is 789. The topological polar surface area (TPSA) is 165 Å². The number of carbonyl (C=O) groups is 4. The molecule has 32 heavy (non-hydrogen) atoms. The number of amides is 3. The number of nitrogens with one attached hydrogen (secondary N) is 5. The molecular formula is C21H34N6O5. The van der Waals surface area contributed by atoms with Gasteiger partial charge in [-0.3, -0.25) is 14.4 Å². The predicted molar refractivity (Wildman–Crippen MR) is 116 cm³/mol. The summed E-state index contributed by atoms with van der Waals surface area (Å²) in [6.45, 7) is 7.72. The molecule has 4 atom stereocenters. The third kappa shape index (κ3) is 7.04. The van der Waals surface area contributed by atoms with Gasteiger partial charge in [-0.15, -0.1) is 0 Å². The van der Waals surface area contributed by atoms with Crippen LogP contribution in [0.25, 0.3) is 0 Å². The Hall–Kier alpha value is -2.95. The van der Waals surface area contributed by atoms with Crippen molar-refractivity contribution in [2.75, 3.05) is 6.54 Å². The van der Waals surface area contributed by atoms with Gasteiger partial charge in [0, 0.05) is 18.3 Å². The van der Waals surface area contributed by atoms with Gasteiger partial charge in [0.2, 0.25) is 17.7 Å². The lowest BCUT2D eigenvalue weighted by Gasteiger charge is -2.27. The third-order valence-corrected chi connectivity index (χ3v) is 5.47. The van der Waals surface area contributed by atoms with Crippen LogP contribution in [-0.4, -0.2) is 69.5 Å². The van der Waals surface area contributed by atoms with E-state index in [1.165, 1.54) is 12.5 Å². The van der Waals surface area contributed by atoms with Crippen molar-refractivity contribution >= 4 is 23.7 Å². The Morgan fingerprint density at radius 1 is 1.06 bits per heavy atom. The molecule has 0 bridgehead atoms. The van der Waals surface area contributed by atoms with Crippen molar-refractivity contribution < 1.29 is 24.3 Å². The smallest absolute Gasteiger partial charge is 0.326 e. The van der Waals surface area contributed by atoms with E-state index < -0.39 is 35.9 Å². The van der Waals surface area contributed by atoms with Crippen LogP contribution in [0.15, 0.2) is 12.5 Å². The number of hydrogen-bond donors (Lipinski definition) is 6. The number of aliphatic carboxylic acids is 1. The summed E-state index contributed by atoms with van der Waals surface area (Å²) in [5.74, 6) is -3.11. The molecule has 11 nitrogen and oxygen atoms in total. The van der Waals surface area contributed by atoms with E-state index in [1.54, 1.807) is 27.7 Å². The second kappa shape index (κ2) is 11.6. The van der Waals surface area contributed by atoms with Gasteiger partial charge in [0.25, 0.3) is 0 Å². The zero-order valence-corrected chi connectivity index (χ0v) is 19.0. The van der Waals surface area contributed by atoms with Crippen molar-refractivity contribution in [1.29, 1.82) is 0 Å². The van der Waals surface area contributed by atoms with E-state index in [0.717, 1.165) is 13.0 Å². The maximum atomic E-state index is 13.1. The summed E-state index contributed by atoms with van der Waals surface area (Å²) in [6.07, 6.45) is 4.66. The molecule has 2 rings (SSSR count). The number of carbonyl (C=O) groups excluding carboxylic acids is 3. The number of carboxylic acids is 1. The zero-order chi connectivity index (χ0) is 23.8. The van der Waals surface area contributed by atoms with Crippen molar-refractivity contribution in [2.45, 2.75) is 71.1 Å². The molecule has 11 heteroatoms. The van der Waals surface area contributed by atoms with Gasteiger partial charge in [-0.05, 0) is 31.2 Å². The second-order valence-electron chi connectivity index (χ2n) is 8.79. The van der Waals surface area contributed by atoms with Gasteiger partial charge in [-0.1, -0.05) is 27.7 Å². The van der Waals surface area contributed by atoms with Gasteiger partial charge in [0.1, 0.15) is 18.1 Å². The van der Waals surface area contributed by atoms with Crippen LogP contribution >= 0.6 is 0 Å². The molecule has 4 unspecified atom stereocenters. The summed E-state index contributed by atoms with van der Waals surface area (Å²) < 4.78 is 0. The van der Waals surface area contributed by atoms with Crippen molar-refractivity contribution in [3.63, 3.8) is 0 Å². The minimum Gasteiger partial charge on any atom is -0.480 e. The van der Waals surface area contributed by atoms with Gasteiger partial charge >= 0.3 is 5.97 Å². The fourth-order valence-electron chi connectivity index (χ4n) is 3.55. The fourth-order valence-corrected chi connectivity index (χ4v) is 3.55. The maximum absolute atomic E-state index is 13.1. The molecule has 1 aliphatic rings. The molecule has 6 N–H and O–H groups in total. The lowest BCUT2D eigenvalue weighted by Crippen LogP contribution is -2.59. The van der Waals surface area contributed by atoms with E-state index in [4.69, 9.17) is 0 Å². The van der Waals surface area contributed by atoms with Gasteiger partial charge in [0.15, 0.2) is 0 Å². The monoisotopic (exact) mass is 450 g/mol. The van der Waals surface area contributed by atoms with E-state index in [0.29, 0.717) is 12.1 Å². The lowest BCUT2D eigenvalue weighted by atomic mass is 10.0. The van der Waals surface area contributed by atoms with Crippen LogP contribution in [0.3, 0.4) is 0 Å². The summed E-state index contributed by atoms with van der Waals surface area (Å²) in [5, 5.41) is 20.5. The highest BCUT2D eigenvalue weighted by atomic mass is 16.4. The lowest BCUT2D eigenvalue weighted by molar-refractivity contribution is -0.143. The number of rotatable bonds is 11. The standard InChI is InChI=1S/C21H34N6O5/c1-11(2)16(26-18(28)14-6-5-7-23-14)20(30)25-15(8-13-9-22-10-24-13)19(29)27-17(12(3)4)21(31)32/h9-12,14-17,23H,5-8H2,1-4H3,(H,22,24)(H,25,30)(H,26,28)(H,27,29)(H,31,32). The largest absolute Gasteiger partial charge is 0.480 e. The molecular weight excluding hydrogens is 416 g/mol. The number of hydrogen-bond acceptors (Lipinski definition) is 6. The van der Waals surface area contributed by atoms with Gasteiger partial charge in [-0.2, -0.15) is 0 Å². The van der Waals surface area contributed by atoms with E-state index >= 15 is 0 Å². The Labute approximate surface area is 187 Å². The van der Waals surface area contributed by atoms with Crippen LogP contribution in [0.5, 0.6) is 0 Å². The number of H-pyrrole nitrogens is 1. The van der Waals surface area contributed by atoms with Crippen LogP contribution in [0.1, 0.15) is 46.2 Å². The first-order valence-corrected chi connectivity index (χ1v) is 10.9. The summed E-state index contributed by atoms with van der Waals surface area (Å²) >= 11 is 0. The normalized spacial score (nSPS) is 18.8. The average molecular weight is 451 g/mol. The first-order valence-electron chi connectivity index (χ1n) is 10.9. The average Bonchev–Trinajstić information content (AvgIpc) is 3.42. The predicted octanol–water partition coefficient (Wildman–Crippen LogP) is -0.445. The molecule has 0 saturated carbocycles. The van der Waals surface area contributed by atoms with E-state index in [9.17, 15) is 24.3 Å². The molecule has 0 aliphatic carbocycles. The molecule has 178 valence electrons. The molecule has 3 amide bonds. The molecule has 1 aliphatic heterocycles. The Balaban J connectivity index is 2.14. The Kier molecular flexibility index (Phi) is 9.18. The quantitative estimate of drug-likeness (QED) is 0.266. The summed E-state index contributed by atoms with van der Waals surface area (Å²) in [7, 11) is 0. The van der Waals surface area contributed by atoms with Crippen LogP contribution in [-0.2, 0) is 25.6 Å². The van der Waals surface area contributed by atoms with E-state index in [-0.39, 0.29) is 30.2 Å². The number of aromatic amines is 1. The summed E-state index contributed by atoms with van der Waals surface area (Å²) in [5.41, 5.74) is 0.599. The van der Waals surface area contributed by atoms with Crippen molar-refractivity contribution in [2.24, 2.45) is 11.8 Å². The summed E-state index contributed by atoms with van der Waals surface area (Å²) in [6, 6.07) is -3.33. The highest BCUT2D eigenvalue weighted by Gasteiger charge is 2.33. The molecule has 1 saturated heterocycles.